The molecule has 52 heavy (non-hydrogen) atoms. The summed E-state index contributed by atoms with van der Waals surface area (Å²) < 4.78 is 2.58. The molecule has 0 unspecified atom stereocenters. The van der Waals surface area contributed by atoms with Crippen molar-refractivity contribution in [1.82, 2.24) is 0 Å². The number of thiophene rings is 1. The summed E-state index contributed by atoms with van der Waals surface area (Å²) in [7, 11) is 0. The van der Waals surface area contributed by atoms with Gasteiger partial charge >= 0.3 is 0 Å². The van der Waals surface area contributed by atoms with Crippen molar-refractivity contribution < 1.29 is 0 Å². The molecule has 0 aliphatic rings. The van der Waals surface area contributed by atoms with E-state index in [9.17, 15) is 0 Å². The summed E-state index contributed by atoms with van der Waals surface area (Å²) in [4.78, 5) is 2.49. The van der Waals surface area contributed by atoms with Crippen LogP contribution in [0.3, 0.4) is 0 Å². The Morgan fingerprint density at radius 2 is 0.904 bits per heavy atom. The van der Waals surface area contributed by atoms with Crippen LogP contribution in [0.4, 0.5) is 17.1 Å². The van der Waals surface area contributed by atoms with Crippen molar-refractivity contribution in [3.63, 3.8) is 0 Å². The number of rotatable bonds is 6. The van der Waals surface area contributed by atoms with E-state index in [1.807, 2.05) is 11.3 Å². The highest BCUT2D eigenvalue weighted by molar-refractivity contribution is 7.25. The SMILES string of the molecule is c1ccc(-c2ccccc2N(c2ccc3c(c2)sc2ccccc23)c2cc(-c3cc4ccccc4c4ccccc34)ccc2-c2ccccc2)cc1. The molecule has 9 aromatic carbocycles. The molecule has 10 aromatic rings. The van der Waals surface area contributed by atoms with Gasteiger partial charge in [-0.05, 0) is 80.2 Å². The highest BCUT2D eigenvalue weighted by Crippen LogP contribution is 2.48. The van der Waals surface area contributed by atoms with Gasteiger partial charge in [-0.3, -0.25) is 0 Å². The summed E-state index contributed by atoms with van der Waals surface area (Å²) in [5.41, 5.74) is 10.5. The van der Waals surface area contributed by atoms with E-state index in [2.05, 4.69) is 205 Å². The second-order valence-corrected chi connectivity index (χ2v) is 14.4. The Bertz CT molecular complexity index is 2910. The minimum atomic E-state index is 1.13. The van der Waals surface area contributed by atoms with Gasteiger partial charge in [-0.1, -0.05) is 164 Å². The van der Waals surface area contributed by atoms with Crippen molar-refractivity contribution in [1.29, 1.82) is 0 Å². The quantitative estimate of drug-likeness (QED) is 0.158. The Morgan fingerprint density at radius 1 is 0.308 bits per heavy atom. The summed E-state index contributed by atoms with van der Waals surface area (Å²) in [6, 6.07) is 73.1. The van der Waals surface area contributed by atoms with Gasteiger partial charge in [0.2, 0.25) is 0 Å². The zero-order chi connectivity index (χ0) is 34.4. The Kier molecular flexibility index (Phi) is 7.41. The third kappa shape index (κ3) is 5.16. The molecule has 0 aliphatic carbocycles. The smallest absolute Gasteiger partial charge is 0.0546 e. The molecule has 0 aliphatic heterocycles. The molecule has 244 valence electrons. The van der Waals surface area contributed by atoms with Gasteiger partial charge in [0.15, 0.2) is 0 Å². The van der Waals surface area contributed by atoms with Crippen LogP contribution in [0.15, 0.2) is 200 Å². The molecule has 0 bridgehead atoms. The maximum Gasteiger partial charge on any atom is 0.0546 e. The molecule has 1 nitrogen and oxygen atoms in total. The van der Waals surface area contributed by atoms with Crippen LogP contribution >= 0.6 is 11.3 Å². The first kappa shape index (κ1) is 30.4. The average molecular weight is 680 g/mol. The highest BCUT2D eigenvalue weighted by atomic mass is 32.1. The first-order valence-corrected chi connectivity index (χ1v) is 18.6. The van der Waals surface area contributed by atoms with E-state index < -0.39 is 0 Å². The lowest BCUT2D eigenvalue weighted by Gasteiger charge is -2.30. The normalized spacial score (nSPS) is 11.5. The van der Waals surface area contributed by atoms with Gasteiger partial charge in [-0.25, -0.2) is 0 Å². The molecule has 1 heterocycles. The van der Waals surface area contributed by atoms with E-state index >= 15 is 0 Å². The van der Waals surface area contributed by atoms with Crippen LogP contribution in [0.25, 0.3) is 75.1 Å². The van der Waals surface area contributed by atoms with Crippen LogP contribution in [0.2, 0.25) is 0 Å². The summed E-state index contributed by atoms with van der Waals surface area (Å²) in [6.07, 6.45) is 0. The van der Waals surface area contributed by atoms with E-state index in [0.29, 0.717) is 0 Å². The second kappa shape index (κ2) is 12.7. The van der Waals surface area contributed by atoms with Gasteiger partial charge in [-0.2, -0.15) is 0 Å². The number of hydrogen-bond acceptors (Lipinski definition) is 2. The van der Waals surface area contributed by atoms with E-state index in [0.717, 1.165) is 17.1 Å². The van der Waals surface area contributed by atoms with Gasteiger partial charge in [-0.15, -0.1) is 11.3 Å². The summed E-state index contributed by atoms with van der Waals surface area (Å²) in [6.45, 7) is 0. The Morgan fingerprint density at radius 3 is 1.69 bits per heavy atom. The van der Waals surface area contributed by atoms with Gasteiger partial charge in [0.05, 0.1) is 11.4 Å². The monoisotopic (exact) mass is 679 g/mol. The number of benzene rings is 9. The number of nitrogens with zero attached hydrogens (tertiary/aromatic N) is 1. The molecule has 0 saturated carbocycles. The summed E-state index contributed by atoms with van der Waals surface area (Å²) in [5, 5.41) is 7.64. The van der Waals surface area contributed by atoms with Crippen LogP contribution in [0.5, 0.6) is 0 Å². The predicted octanol–water partition coefficient (Wildman–Crippen LogP) is 14.8. The van der Waals surface area contributed by atoms with Crippen molar-refractivity contribution in [3.05, 3.63) is 200 Å². The number of anilines is 3. The van der Waals surface area contributed by atoms with E-state index in [4.69, 9.17) is 0 Å². The number of fused-ring (bicyclic) bond motifs is 6. The fourth-order valence-electron chi connectivity index (χ4n) is 7.83. The van der Waals surface area contributed by atoms with Gasteiger partial charge < -0.3 is 4.90 Å². The predicted molar refractivity (Wildman–Crippen MR) is 225 cm³/mol. The van der Waals surface area contributed by atoms with Crippen molar-refractivity contribution in [2.75, 3.05) is 4.90 Å². The molecule has 2 heteroatoms. The Labute approximate surface area is 307 Å². The fourth-order valence-corrected chi connectivity index (χ4v) is 8.97. The van der Waals surface area contributed by atoms with E-state index in [1.54, 1.807) is 0 Å². The first-order valence-electron chi connectivity index (χ1n) is 17.8. The first-order chi connectivity index (χ1) is 25.8. The molecule has 0 amide bonds. The van der Waals surface area contributed by atoms with Crippen molar-refractivity contribution in [2.45, 2.75) is 0 Å². The molecule has 0 fully saturated rings. The topological polar surface area (TPSA) is 3.24 Å². The number of para-hydroxylation sites is 1. The molecule has 1 aromatic heterocycles. The van der Waals surface area contributed by atoms with Crippen LogP contribution in [-0.2, 0) is 0 Å². The fraction of sp³-hybridized carbons (Fsp3) is 0. The molecule has 0 radical (unpaired) electrons. The minimum Gasteiger partial charge on any atom is -0.309 e. The minimum absolute atomic E-state index is 1.13. The zero-order valence-corrected chi connectivity index (χ0v) is 29.2. The Hall–Kier alpha value is -6.48. The second-order valence-electron chi connectivity index (χ2n) is 13.3. The standard InChI is InChI=1S/C50H33NS/c1-3-15-34(16-4-1)40-21-11-13-25-47(40)51(38-28-30-45-44-24-12-14-26-49(44)52-50(45)33-38)48-32-37(27-29-41(48)35-17-5-2-6-18-35)46-31-36-19-7-8-20-39(36)42-22-9-10-23-43(42)46/h1-33H. The van der Waals surface area contributed by atoms with Gasteiger partial charge in [0, 0.05) is 37.0 Å². The molecule has 10 rings (SSSR count). The van der Waals surface area contributed by atoms with Crippen molar-refractivity contribution >= 4 is 70.1 Å². The van der Waals surface area contributed by atoms with Crippen LogP contribution < -0.4 is 4.90 Å². The average Bonchev–Trinajstić information content (AvgIpc) is 3.59. The molecular weight excluding hydrogens is 647 g/mol. The van der Waals surface area contributed by atoms with Crippen molar-refractivity contribution in [2.24, 2.45) is 0 Å². The van der Waals surface area contributed by atoms with E-state index in [1.165, 1.54) is 75.1 Å². The van der Waals surface area contributed by atoms with E-state index in [-0.39, 0.29) is 0 Å². The maximum absolute atomic E-state index is 2.49. The molecule has 0 atom stereocenters. The molecule has 0 saturated heterocycles. The van der Waals surface area contributed by atoms with Crippen LogP contribution in [-0.4, -0.2) is 0 Å². The van der Waals surface area contributed by atoms with Gasteiger partial charge in [0.25, 0.3) is 0 Å². The lowest BCUT2D eigenvalue weighted by molar-refractivity contribution is 1.29. The third-order valence-corrected chi connectivity index (χ3v) is 11.4. The lowest BCUT2D eigenvalue weighted by atomic mass is 9.91. The van der Waals surface area contributed by atoms with Crippen LogP contribution in [0, 0.1) is 0 Å². The van der Waals surface area contributed by atoms with Gasteiger partial charge in [0.1, 0.15) is 0 Å². The summed E-state index contributed by atoms with van der Waals surface area (Å²) >= 11 is 1.86. The largest absolute Gasteiger partial charge is 0.309 e. The molecule has 0 spiro atoms. The maximum atomic E-state index is 2.49. The van der Waals surface area contributed by atoms with Crippen LogP contribution in [0.1, 0.15) is 0 Å². The zero-order valence-electron chi connectivity index (χ0n) is 28.4. The lowest BCUT2D eigenvalue weighted by Crippen LogP contribution is -2.12. The molecular formula is C50H33NS. The number of hydrogen-bond donors (Lipinski definition) is 0. The third-order valence-electron chi connectivity index (χ3n) is 10.3. The highest BCUT2D eigenvalue weighted by Gasteiger charge is 2.23. The van der Waals surface area contributed by atoms with Crippen molar-refractivity contribution in [3.8, 4) is 33.4 Å². The Balaban J connectivity index is 1.29. The molecule has 0 N–H and O–H groups in total. The summed E-state index contributed by atoms with van der Waals surface area (Å²) in [5.74, 6) is 0.